The smallest absolute Gasteiger partial charge is 0.118 e. The van der Waals surface area contributed by atoms with Crippen molar-refractivity contribution in [3.8, 4) is 5.75 Å². The number of methoxy groups -OCH3 is 1. The van der Waals surface area contributed by atoms with Gasteiger partial charge >= 0.3 is 0 Å². The highest BCUT2D eigenvalue weighted by Crippen LogP contribution is 2.39. The maximum absolute atomic E-state index is 12.2. The molecule has 0 amide bonds. The molecule has 0 aliphatic carbocycles. The third kappa shape index (κ3) is 4.41. The van der Waals surface area contributed by atoms with Crippen LogP contribution >= 0.6 is 0 Å². The van der Waals surface area contributed by atoms with E-state index >= 15 is 0 Å². The van der Waals surface area contributed by atoms with Crippen molar-refractivity contribution in [2.75, 3.05) is 19.1 Å². The standard InChI is InChI=1S/C23H24O2S/c1-25-21-15-13-18(14-16-21)22(17-26(2)24)23(19-9-5-3-6-10-19)20-11-7-4-8-12-20/h3-16,22-23H,17H2,1-2H3. The molecule has 0 radical (unpaired) electrons. The van der Waals surface area contributed by atoms with Crippen LogP contribution in [-0.4, -0.2) is 23.3 Å². The monoisotopic (exact) mass is 364 g/mol. The van der Waals surface area contributed by atoms with E-state index in [9.17, 15) is 4.21 Å². The van der Waals surface area contributed by atoms with Gasteiger partial charge in [0.2, 0.25) is 0 Å². The van der Waals surface area contributed by atoms with Crippen molar-refractivity contribution in [2.24, 2.45) is 0 Å². The van der Waals surface area contributed by atoms with Gasteiger partial charge < -0.3 is 4.74 Å². The van der Waals surface area contributed by atoms with Crippen molar-refractivity contribution in [2.45, 2.75) is 11.8 Å². The molecular formula is C23H24O2S. The van der Waals surface area contributed by atoms with Crippen molar-refractivity contribution in [1.82, 2.24) is 0 Å². The fraction of sp³-hybridized carbons (Fsp3) is 0.217. The molecule has 0 aromatic heterocycles. The van der Waals surface area contributed by atoms with E-state index in [1.165, 1.54) is 16.7 Å². The van der Waals surface area contributed by atoms with Crippen LogP contribution in [0.1, 0.15) is 28.5 Å². The quantitative estimate of drug-likeness (QED) is 0.590. The van der Waals surface area contributed by atoms with Crippen molar-refractivity contribution in [3.63, 3.8) is 0 Å². The van der Waals surface area contributed by atoms with Crippen LogP contribution < -0.4 is 4.74 Å². The van der Waals surface area contributed by atoms with E-state index < -0.39 is 10.8 Å². The van der Waals surface area contributed by atoms with Crippen molar-refractivity contribution in [1.29, 1.82) is 0 Å². The van der Waals surface area contributed by atoms with Crippen LogP contribution in [0.25, 0.3) is 0 Å². The molecule has 0 bridgehead atoms. The van der Waals surface area contributed by atoms with Crippen LogP contribution in [0.4, 0.5) is 0 Å². The SMILES string of the molecule is COc1ccc(C(CS(C)=O)C(c2ccccc2)c2ccccc2)cc1. The zero-order valence-corrected chi connectivity index (χ0v) is 16.0. The van der Waals surface area contributed by atoms with Gasteiger partial charge in [-0.2, -0.15) is 0 Å². The second-order valence-electron chi connectivity index (χ2n) is 6.42. The lowest BCUT2D eigenvalue weighted by atomic mass is 9.78. The largest absolute Gasteiger partial charge is 0.497 e. The van der Waals surface area contributed by atoms with E-state index in [0.29, 0.717) is 5.75 Å². The maximum Gasteiger partial charge on any atom is 0.118 e. The molecule has 0 saturated heterocycles. The highest BCUT2D eigenvalue weighted by molar-refractivity contribution is 7.84. The van der Waals surface area contributed by atoms with Crippen LogP contribution in [0.15, 0.2) is 84.9 Å². The third-order valence-corrected chi connectivity index (χ3v) is 5.51. The first-order chi connectivity index (χ1) is 12.7. The summed E-state index contributed by atoms with van der Waals surface area (Å²) >= 11 is 0. The molecule has 0 saturated carbocycles. The molecule has 3 heteroatoms. The molecule has 2 unspecified atom stereocenters. The van der Waals surface area contributed by atoms with Gasteiger partial charge in [-0.25, -0.2) is 0 Å². The number of hydrogen-bond acceptors (Lipinski definition) is 2. The van der Waals surface area contributed by atoms with Gasteiger partial charge in [-0.05, 0) is 28.8 Å². The van der Waals surface area contributed by atoms with Crippen LogP contribution in [0, 0.1) is 0 Å². The summed E-state index contributed by atoms with van der Waals surface area (Å²) in [5.74, 6) is 1.72. The normalized spacial score (nSPS) is 13.3. The van der Waals surface area contributed by atoms with E-state index in [1.54, 1.807) is 13.4 Å². The van der Waals surface area contributed by atoms with Gasteiger partial charge in [0.15, 0.2) is 0 Å². The zero-order chi connectivity index (χ0) is 18.4. The first kappa shape index (κ1) is 18.4. The minimum absolute atomic E-state index is 0.122. The van der Waals surface area contributed by atoms with Gasteiger partial charge in [-0.15, -0.1) is 0 Å². The summed E-state index contributed by atoms with van der Waals surface area (Å²) in [5, 5.41) is 0. The van der Waals surface area contributed by atoms with Gasteiger partial charge in [0, 0.05) is 34.6 Å². The average molecular weight is 365 g/mol. The lowest BCUT2D eigenvalue weighted by molar-refractivity contribution is 0.414. The minimum atomic E-state index is -0.903. The van der Waals surface area contributed by atoms with Crippen LogP contribution in [-0.2, 0) is 10.8 Å². The number of ether oxygens (including phenoxy) is 1. The molecule has 134 valence electrons. The topological polar surface area (TPSA) is 26.3 Å². The Morgan fingerprint density at radius 1 is 0.769 bits per heavy atom. The van der Waals surface area contributed by atoms with Crippen LogP contribution in [0.3, 0.4) is 0 Å². The molecule has 2 nitrogen and oxygen atoms in total. The predicted octanol–water partition coefficient (Wildman–Crippen LogP) is 4.99. The molecule has 0 heterocycles. The Bertz CT molecular complexity index is 790. The summed E-state index contributed by atoms with van der Waals surface area (Å²) < 4.78 is 17.5. The van der Waals surface area contributed by atoms with E-state index in [-0.39, 0.29) is 11.8 Å². The van der Waals surface area contributed by atoms with Crippen molar-refractivity contribution in [3.05, 3.63) is 102 Å². The van der Waals surface area contributed by atoms with Gasteiger partial charge in [0.1, 0.15) is 5.75 Å². The second kappa shape index (κ2) is 8.81. The Kier molecular flexibility index (Phi) is 6.24. The Balaban J connectivity index is 2.10. The molecule has 3 rings (SSSR count). The molecule has 0 spiro atoms. The Morgan fingerprint density at radius 3 is 1.69 bits per heavy atom. The summed E-state index contributed by atoms with van der Waals surface area (Å²) in [7, 11) is 0.768. The molecule has 0 N–H and O–H groups in total. The summed E-state index contributed by atoms with van der Waals surface area (Å²) in [6, 6.07) is 29.1. The molecule has 2 atom stereocenters. The van der Waals surface area contributed by atoms with Crippen molar-refractivity contribution < 1.29 is 8.95 Å². The zero-order valence-electron chi connectivity index (χ0n) is 15.2. The first-order valence-corrected chi connectivity index (χ1v) is 10.5. The minimum Gasteiger partial charge on any atom is -0.497 e. The fourth-order valence-corrected chi connectivity index (χ4v) is 4.36. The molecule has 26 heavy (non-hydrogen) atoms. The highest BCUT2D eigenvalue weighted by Gasteiger charge is 2.27. The van der Waals surface area contributed by atoms with E-state index in [1.807, 2.05) is 24.3 Å². The predicted molar refractivity (Wildman–Crippen MR) is 109 cm³/mol. The molecule has 3 aromatic rings. The lowest BCUT2D eigenvalue weighted by Gasteiger charge is -2.28. The summed E-state index contributed by atoms with van der Waals surface area (Å²) in [6.07, 6.45) is 1.78. The average Bonchev–Trinajstić information content (AvgIpc) is 2.69. The molecule has 0 aliphatic rings. The summed E-state index contributed by atoms with van der Waals surface area (Å²) in [6.45, 7) is 0. The molecule has 0 fully saturated rings. The van der Waals surface area contributed by atoms with Crippen molar-refractivity contribution >= 4 is 10.8 Å². The molecule has 0 aliphatic heterocycles. The van der Waals surface area contributed by atoms with E-state index in [0.717, 1.165) is 5.75 Å². The fourth-order valence-electron chi connectivity index (χ4n) is 3.47. The Hall–Kier alpha value is -2.39. The lowest BCUT2D eigenvalue weighted by Crippen LogP contribution is -2.19. The third-order valence-electron chi connectivity index (χ3n) is 4.68. The van der Waals surface area contributed by atoms with Crippen LogP contribution in [0.5, 0.6) is 5.75 Å². The Labute approximate surface area is 158 Å². The van der Waals surface area contributed by atoms with Crippen LogP contribution in [0.2, 0.25) is 0 Å². The first-order valence-electron chi connectivity index (χ1n) is 8.73. The molecular weight excluding hydrogens is 340 g/mol. The summed E-state index contributed by atoms with van der Waals surface area (Å²) in [5.41, 5.74) is 3.66. The Morgan fingerprint density at radius 2 is 1.27 bits per heavy atom. The second-order valence-corrected chi connectivity index (χ2v) is 7.90. The van der Waals surface area contributed by atoms with Gasteiger partial charge in [-0.1, -0.05) is 72.8 Å². The molecule has 3 aromatic carbocycles. The number of rotatable bonds is 7. The van der Waals surface area contributed by atoms with E-state index in [4.69, 9.17) is 4.74 Å². The summed E-state index contributed by atoms with van der Waals surface area (Å²) in [4.78, 5) is 0. The van der Waals surface area contributed by atoms with Gasteiger partial charge in [-0.3, -0.25) is 4.21 Å². The number of benzene rings is 3. The van der Waals surface area contributed by atoms with Gasteiger partial charge in [0.25, 0.3) is 0 Å². The number of hydrogen-bond donors (Lipinski definition) is 0. The van der Waals surface area contributed by atoms with Gasteiger partial charge in [0.05, 0.1) is 7.11 Å². The highest BCUT2D eigenvalue weighted by atomic mass is 32.2. The maximum atomic E-state index is 12.2. The van der Waals surface area contributed by atoms with E-state index in [2.05, 4.69) is 60.7 Å².